The van der Waals surface area contributed by atoms with E-state index >= 15 is 0 Å². The number of fused-ring (bicyclic) bond motifs is 4. The Bertz CT molecular complexity index is 427. The summed E-state index contributed by atoms with van der Waals surface area (Å²) < 4.78 is 48.5. The molecule has 0 amide bonds. The minimum absolute atomic E-state index is 0.0268. The fourth-order valence-electron chi connectivity index (χ4n) is 4.45. The van der Waals surface area contributed by atoms with Crippen molar-refractivity contribution in [3.05, 3.63) is 12.2 Å². The normalized spacial score (nSPS) is 45.7. The Kier molecular flexibility index (Phi) is 2.28. The Labute approximate surface area is 109 Å². The van der Waals surface area contributed by atoms with Gasteiger partial charge in [0.15, 0.2) is 5.79 Å². The maximum Gasteiger partial charge on any atom is 0.411 e. The van der Waals surface area contributed by atoms with Crippen LogP contribution in [0.4, 0.5) is 13.2 Å². The molecular formula is C14H17F3O2. The van der Waals surface area contributed by atoms with E-state index in [4.69, 9.17) is 9.47 Å². The molecule has 1 spiro atoms. The molecule has 1 saturated heterocycles. The molecule has 4 rings (SSSR count). The van der Waals surface area contributed by atoms with Crippen LogP contribution in [0.25, 0.3) is 0 Å². The minimum atomic E-state index is -4.28. The van der Waals surface area contributed by atoms with Crippen LogP contribution in [0.1, 0.15) is 32.1 Å². The maximum atomic E-state index is 12.4. The number of allylic oxidation sites excluding steroid dienone is 1. The highest BCUT2D eigenvalue weighted by molar-refractivity contribution is 5.27. The molecule has 4 atom stereocenters. The number of ether oxygens (including phenoxy) is 2. The third-order valence-corrected chi connectivity index (χ3v) is 5.32. The van der Waals surface area contributed by atoms with Gasteiger partial charge >= 0.3 is 6.18 Å². The van der Waals surface area contributed by atoms with E-state index in [1.54, 1.807) is 0 Å². The Balaban J connectivity index is 1.57. The summed E-state index contributed by atoms with van der Waals surface area (Å²) in [5.41, 5.74) is 0.225. The highest BCUT2D eigenvalue weighted by atomic mass is 19.4. The Hall–Kier alpha value is -0.550. The molecule has 0 unspecified atom stereocenters. The second-order valence-electron chi connectivity index (χ2n) is 6.41. The number of rotatable bonds is 2. The van der Waals surface area contributed by atoms with Gasteiger partial charge in [0.1, 0.15) is 6.61 Å². The van der Waals surface area contributed by atoms with E-state index in [0.29, 0.717) is 12.3 Å². The van der Waals surface area contributed by atoms with Crippen molar-refractivity contribution in [3.8, 4) is 0 Å². The van der Waals surface area contributed by atoms with Crippen molar-refractivity contribution in [2.75, 3.05) is 6.61 Å². The molecule has 0 aromatic carbocycles. The number of hydrogen-bond donors (Lipinski definition) is 0. The molecule has 0 N–H and O–H groups in total. The first kappa shape index (κ1) is 12.2. The van der Waals surface area contributed by atoms with Crippen LogP contribution in [0.5, 0.6) is 0 Å². The number of halogens is 3. The molecule has 2 saturated carbocycles. The van der Waals surface area contributed by atoms with E-state index in [1.807, 2.05) is 0 Å². The first-order valence-electron chi connectivity index (χ1n) is 7.02. The molecular weight excluding hydrogens is 257 g/mol. The zero-order chi connectivity index (χ0) is 13.3. The smallest absolute Gasteiger partial charge is 0.342 e. The summed E-state index contributed by atoms with van der Waals surface area (Å²) >= 11 is 0. The summed E-state index contributed by atoms with van der Waals surface area (Å²) in [7, 11) is 0. The van der Waals surface area contributed by atoms with Gasteiger partial charge in [0.05, 0.1) is 6.10 Å². The lowest BCUT2D eigenvalue weighted by Gasteiger charge is -2.31. The van der Waals surface area contributed by atoms with Crippen molar-refractivity contribution in [1.82, 2.24) is 0 Å². The summed E-state index contributed by atoms with van der Waals surface area (Å²) in [6, 6.07) is 0. The third-order valence-electron chi connectivity index (χ3n) is 5.32. The third kappa shape index (κ3) is 1.70. The topological polar surface area (TPSA) is 18.5 Å². The molecule has 5 heteroatoms. The first-order chi connectivity index (χ1) is 8.94. The van der Waals surface area contributed by atoms with Gasteiger partial charge in [-0.1, -0.05) is 12.2 Å². The molecule has 0 radical (unpaired) electrons. The minimum Gasteiger partial charge on any atom is -0.342 e. The highest BCUT2D eigenvalue weighted by Gasteiger charge is 2.67. The molecule has 3 aliphatic carbocycles. The summed E-state index contributed by atoms with van der Waals surface area (Å²) in [6.45, 7) is -1.19. The van der Waals surface area contributed by atoms with Crippen LogP contribution in [-0.4, -0.2) is 24.7 Å². The molecule has 4 aliphatic rings. The van der Waals surface area contributed by atoms with Gasteiger partial charge in [-0.15, -0.1) is 0 Å². The van der Waals surface area contributed by atoms with Gasteiger partial charge in [0.2, 0.25) is 0 Å². The summed E-state index contributed by atoms with van der Waals surface area (Å²) in [4.78, 5) is 0. The molecule has 0 bridgehead atoms. The van der Waals surface area contributed by atoms with Crippen LogP contribution in [0, 0.1) is 17.3 Å². The molecule has 106 valence electrons. The SMILES string of the molecule is FC(F)(F)CO[C@@]12CCC[C@@H]1[C@@H]1[C@@H](C=CC13CC3)O2. The fraction of sp³-hybridized carbons (Fsp3) is 0.857. The van der Waals surface area contributed by atoms with Crippen LogP contribution in [0.2, 0.25) is 0 Å². The lowest BCUT2D eigenvalue weighted by atomic mass is 9.79. The molecule has 19 heavy (non-hydrogen) atoms. The summed E-state index contributed by atoms with van der Waals surface area (Å²) in [6.07, 6.45) is 4.72. The fourth-order valence-corrected chi connectivity index (χ4v) is 4.45. The predicted octanol–water partition coefficient (Wildman–Crippen LogP) is 3.43. The zero-order valence-electron chi connectivity index (χ0n) is 10.6. The van der Waals surface area contributed by atoms with Gasteiger partial charge in [-0.2, -0.15) is 13.2 Å². The van der Waals surface area contributed by atoms with Gasteiger partial charge in [0, 0.05) is 18.3 Å². The van der Waals surface area contributed by atoms with E-state index in [-0.39, 0.29) is 17.4 Å². The van der Waals surface area contributed by atoms with E-state index in [2.05, 4.69) is 12.2 Å². The first-order valence-corrected chi connectivity index (χ1v) is 7.02. The average Bonchev–Trinajstić information content (AvgIpc) is 2.72. The lowest BCUT2D eigenvalue weighted by Crippen LogP contribution is -2.39. The van der Waals surface area contributed by atoms with Crippen LogP contribution in [-0.2, 0) is 9.47 Å². The lowest BCUT2D eigenvalue weighted by molar-refractivity contribution is -0.280. The average molecular weight is 274 g/mol. The van der Waals surface area contributed by atoms with Crippen molar-refractivity contribution in [2.45, 2.75) is 50.2 Å². The van der Waals surface area contributed by atoms with E-state index in [0.717, 1.165) is 25.7 Å². The zero-order valence-corrected chi connectivity index (χ0v) is 10.6. The molecule has 0 aromatic rings. The second kappa shape index (κ2) is 3.55. The summed E-state index contributed by atoms with van der Waals surface area (Å²) in [5, 5.41) is 0. The van der Waals surface area contributed by atoms with Crippen molar-refractivity contribution >= 4 is 0 Å². The van der Waals surface area contributed by atoms with Crippen molar-refractivity contribution in [1.29, 1.82) is 0 Å². The van der Waals surface area contributed by atoms with Crippen molar-refractivity contribution in [3.63, 3.8) is 0 Å². The van der Waals surface area contributed by atoms with Crippen LogP contribution >= 0.6 is 0 Å². The highest BCUT2D eigenvalue weighted by Crippen LogP contribution is 2.68. The van der Waals surface area contributed by atoms with Crippen LogP contribution in [0.3, 0.4) is 0 Å². The van der Waals surface area contributed by atoms with Crippen molar-refractivity contribution < 1.29 is 22.6 Å². The predicted molar refractivity (Wildman–Crippen MR) is 61.2 cm³/mol. The Morgan fingerprint density at radius 3 is 2.74 bits per heavy atom. The Morgan fingerprint density at radius 2 is 2.05 bits per heavy atom. The molecule has 1 aliphatic heterocycles. The van der Waals surface area contributed by atoms with Crippen LogP contribution in [0.15, 0.2) is 12.2 Å². The monoisotopic (exact) mass is 274 g/mol. The standard InChI is InChI=1S/C14H17F3O2/c15-14(16,17)8-18-13-4-1-2-9(13)11-10(19-13)3-5-12(11)6-7-12/h3,5,9-11H,1-2,4,6-8H2/t9-,10-,11-,13-/m1/s1. The van der Waals surface area contributed by atoms with Crippen molar-refractivity contribution in [2.24, 2.45) is 17.3 Å². The molecule has 1 heterocycles. The quantitative estimate of drug-likeness (QED) is 0.718. The number of hydrogen-bond acceptors (Lipinski definition) is 2. The molecule has 3 fully saturated rings. The van der Waals surface area contributed by atoms with Gasteiger partial charge in [0.25, 0.3) is 0 Å². The van der Waals surface area contributed by atoms with Crippen LogP contribution < -0.4 is 0 Å². The van der Waals surface area contributed by atoms with E-state index in [9.17, 15) is 13.2 Å². The Morgan fingerprint density at radius 1 is 1.26 bits per heavy atom. The van der Waals surface area contributed by atoms with Gasteiger partial charge in [-0.3, -0.25) is 0 Å². The largest absolute Gasteiger partial charge is 0.411 e. The second-order valence-corrected chi connectivity index (χ2v) is 6.41. The molecule has 2 nitrogen and oxygen atoms in total. The van der Waals surface area contributed by atoms with E-state index in [1.165, 1.54) is 0 Å². The van der Waals surface area contributed by atoms with Gasteiger partial charge < -0.3 is 9.47 Å². The maximum absolute atomic E-state index is 12.4. The van der Waals surface area contributed by atoms with Gasteiger partial charge in [-0.25, -0.2) is 0 Å². The summed E-state index contributed by atoms with van der Waals surface area (Å²) in [5.74, 6) is -0.480. The van der Waals surface area contributed by atoms with Gasteiger partial charge in [-0.05, 0) is 31.1 Å². The number of alkyl halides is 3. The van der Waals surface area contributed by atoms with E-state index < -0.39 is 18.6 Å². The molecule has 0 aromatic heterocycles.